The molecule has 140 valence electrons. The Bertz CT molecular complexity index is 1020. The van der Waals surface area contributed by atoms with Crippen molar-refractivity contribution in [1.82, 2.24) is 15.1 Å². The summed E-state index contributed by atoms with van der Waals surface area (Å²) in [6.07, 6.45) is 0. The van der Waals surface area contributed by atoms with Crippen LogP contribution in [0.1, 0.15) is 5.56 Å². The highest BCUT2D eigenvalue weighted by molar-refractivity contribution is 8.01. The fourth-order valence-corrected chi connectivity index (χ4v) is 4.69. The van der Waals surface area contributed by atoms with Gasteiger partial charge >= 0.3 is 0 Å². The fraction of sp³-hybridized carbons (Fsp3) is 0.118. The maximum absolute atomic E-state index is 12.1. The number of carbonyl (C=O) groups is 1. The Morgan fingerprint density at radius 2 is 1.89 bits per heavy atom. The van der Waals surface area contributed by atoms with E-state index in [1.54, 1.807) is 35.0 Å². The molecule has 0 aliphatic carbocycles. The van der Waals surface area contributed by atoms with Crippen LogP contribution in [0.25, 0.3) is 5.69 Å². The van der Waals surface area contributed by atoms with Gasteiger partial charge < -0.3 is 5.32 Å². The summed E-state index contributed by atoms with van der Waals surface area (Å²) in [5.74, 6) is 0.161. The van der Waals surface area contributed by atoms with Gasteiger partial charge in [-0.25, -0.2) is 4.68 Å². The maximum Gasteiger partial charge on any atom is 0.230 e. The minimum atomic E-state index is -0.0860. The van der Waals surface area contributed by atoms with Crippen molar-refractivity contribution in [3.63, 3.8) is 0 Å². The average molecular weight is 477 g/mol. The second-order valence-corrected chi connectivity index (χ2v) is 9.43. The van der Waals surface area contributed by atoms with Gasteiger partial charge in [0.15, 0.2) is 8.29 Å². The number of hydrogen-bond acceptors (Lipinski definition) is 5. The molecule has 0 bridgehead atoms. The Kier molecular flexibility index (Phi) is 7.19. The van der Waals surface area contributed by atoms with Crippen LogP contribution in [-0.2, 0) is 11.3 Å². The second-order valence-electron chi connectivity index (χ2n) is 5.34. The predicted molar refractivity (Wildman–Crippen MR) is 116 cm³/mol. The number of halogens is 3. The number of nitrogens with one attached hydrogen (secondary N) is 1. The number of carbonyl (C=O) groups excluding carboxylic acids is 1. The van der Waals surface area contributed by atoms with Crippen molar-refractivity contribution in [3.8, 4) is 5.69 Å². The van der Waals surface area contributed by atoms with Crippen molar-refractivity contribution in [2.45, 2.75) is 10.9 Å². The maximum atomic E-state index is 12.1. The van der Waals surface area contributed by atoms with Crippen LogP contribution in [0.2, 0.25) is 15.1 Å². The van der Waals surface area contributed by atoms with Gasteiger partial charge in [0.25, 0.3) is 0 Å². The third-order valence-electron chi connectivity index (χ3n) is 3.41. The minimum absolute atomic E-state index is 0.0860. The van der Waals surface area contributed by atoms with Crippen molar-refractivity contribution >= 4 is 76.0 Å². The normalized spacial score (nSPS) is 10.8. The van der Waals surface area contributed by atoms with E-state index in [4.69, 9.17) is 47.0 Å². The zero-order valence-corrected chi connectivity index (χ0v) is 18.3. The third-order valence-corrected chi connectivity index (χ3v) is 6.76. The molecule has 1 aromatic heterocycles. The van der Waals surface area contributed by atoms with E-state index in [1.165, 1.54) is 23.1 Å². The lowest BCUT2D eigenvalue weighted by atomic mass is 10.2. The zero-order chi connectivity index (χ0) is 19.4. The molecular weight excluding hydrogens is 465 g/mol. The monoisotopic (exact) mass is 475 g/mol. The summed E-state index contributed by atoms with van der Waals surface area (Å²) in [5.41, 5.74) is 1.71. The van der Waals surface area contributed by atoms with Crippen LogP contribution >= 0.6 is 70.1 Å². The topological polar surface area (TPSA) is 46.9 Å². The van der Waals surface area contributed by atoms with Gasteiger partial charge in [-0.2, -0.15) is 0 Å². The first-order valence-corrected chi connectivity index (χ1v) is 11.0. The van der Waals surface area contributed by atoms with Crippen LogP contribution in [0.3, 0.4) is 0 Å². The molecule has 0 spiro atoms. The molecule has 0 aliphatic heterocycles. The van der Waals surface area contributed by atoms with Crippen LogP contribution in [-0.4, -0.2) is 21.4 Å². The first kappa shape index (κ1) is 20.6. The Morgan fingerprint density at radius 1 is 1.15 bits per heavy atom. The SMILES string of the molecule is O=C(CSc1nn(-c2ccc(Cl)c(Cl)c2)c(=S)s1)NCc1ccc(Cl)cc1. The minimum Gasteiger partial charge on any atom is -0.351 e. The third kappa shape index (κ3) is 5.70. The molecule has 1 N–H and O–H groups in total. The smallest absolute Gasteiger partial charge is 0.230 e. The summed E-state index contributed by atoms with van der Waals surface area (Å²) in [5, 5.41) is 8.88. The molecule has 0 atom stereocenters. The average Bonchev–Trinajstić information content (AvgIpc) is 3.02. The Morgan fingerprint density at radius 3 is 2.59 bits per heavy atom. The summed E-state index contributed by atoms with van der Waals surface area (Å²) in [7, 11) is 0. The molecule has 3 rings (SSSR count). The summed E-state index contributed by atoms with van der Waals surface area (Å²) in [4.78, 5) is 12.1. The number of nitrogens with zero attached hydrogens (tertiary/aromatic N) is 2. The van der Waals surface area contributed by atoms with Crippen LogP contribution in [0, 0.1) is 3.95 Å². The highest BCUT2D eigenvalue weighted by Crippen LogP contribution is 2.27. The van der Waals surface area contributed by atoms with Gasteiger partial charge in [0.2, 0.25) is 5.91 Å². The Hall–Kier alpha value is -1.09. The molecule has 0 fully saturated rings. The molecule has 0 saturated carbocycles. The molecule has 2 aromatic carbocycles. The molecule has 1 amide bonds. The van der Waals surface area contributed by atoms with Gasteiger partial charge in [-0.05, 0) is 48.1 Å². The van der Waals surface area contributed by atoms with E-state index in [9.17, 15) is 4.79 Å². The molecule has 0 radical (unpaired) electrons. The lowest BCUT2D eigenvalue weighted by Gasteiger charge is -2.04. The van der Waals surface area contributed by atoms with E-state index >= 15 is 0 Å². The molecule has 0 unspecified atom stereocenters. The largest absolute Gasteiger partial charge is 0.351 e. The molecule has 27 heavy (non-hydrogen) atoms. The highest BCUT2D eigenvalue weighted by atomic mass is 35.5. The number of benzene rings is 2. The Labute approximate surface area is 184 Å². The quantitative estimate of drug-likeness (QED) is 0.348. The van der Waals surface area contributed by atoms with Crippen molar-refractivity contribution in [3.05, 3.63) is 67.1 Å². The van der Waals surface area contributed by atoms with Crippen molar-refractivity contribution < 1.29 is 4.79 Å². The molecule has 0 aliphatic rings. The summed E-state index contributed by atoms with van der Waals surface area (Å²) < 4.78 is 2.88. The van der Waals surface area contributed by atoms with Gasteiger partial charge in [0, 0.05) is 11.6 Å². The van der Waals surface area contributed by atoms with E-state index in [0.717, 1.165) is 11.3 Å². The summed E-state index contributed by atoms with van der Waals surface area (Å²) in [6.45, 7) is 0.448. The highest BCUT2D eigenvalue weighted by Gasteiger charge is 2.10. The fourth-order valence-electron chi connectivity index (χ4n) is 2.08. The van der Waals surface area contributed by atoms with Crippen LogP contribution < -0.4 is 5.32 Å². The molecule has 3 aromatic rings. The zero-order valence-electron chi connectivity index (χ0n) is 13.6. The van der Waals surface area contributed by atoms with Crippen LogP contribution in [0.15, 0.2) is 46.8 Å². The van der Waals surface area contributed by atoms with E-state index in [-0.39, 0.29) is 11.7 Å². The molecular formula is C17H12Cl3N3OS3. The number of hydrogen-bond donors (Lipinski definition) is 1. The summed E-state index contributed by atoms with van der Waals surface area (Å²) in [6, 6.07) is 12.5. The number of amides is 1. The van der Waals surface area contributed by atoms with Gasteiger partial charge in [-0.1, -0.05) is 70.0 Å². The van der Waals surface area contributed by atoms with Crippen molar-refractivity contribution in [2.75, 3.05) is 5.75 Å². The van der Waals surface area contributed by atoms with Crippen LogP contribution in [0.5, 0.6) is 0 Å². The van der Waals surface area contributed by atoms with E-state index in [0.29, 0.717) is 29.9 Å². The molecule has 1 heterocycles. The van der Waals surface area contributed by atoms with Crippen molar-refractivity contribution in [2.24, 2.45) is 0 Å². The van der Waals surface area contributed by atoms with Crippen molar-refractivity contribution in [1.29, 1.82) is 0 Å². The first-order chi connectivity index (χ1) is 12.9. The van der Waals surface area contributed by atoms with Crippen LogP contribution in [0.4, 0.5) is 0 Å². The van der Waals surface area contributed by atoms with Gasteiger partial charge in [0.05, 0.1) is 21.5 Å². The number of thioether (sulfide) groups is 1. The predicted octanol–water partition coefficient (Wildman–Crippen LogP) is 6.03. The lowest BCUT2D eigenvalue weighted by molar-refractivity contribution is -0.118. The van der Waals surface area contributed by atoms with Gasteiger partial charge in [-0.3, -0.25) is 4.79 Å². The molecule has 4 nitrogen and oxygen atoms in total. The molecule has 10 heteroatoms. The Balaban J connectivity index is 1.58. The number of rotatable bonds is 6. The molecule has 0 saturated heterocycles. The van der Waals surface area contributed by atoms with E-state index in [2.05, 4.69) is 10.4 Å². The number of aromatic nitrogens is 2. The van der Waals surface area contributed by atoms with Gasteiger partial charge in [0.1, 0.15) is 0 Å². The second kappa shape index (κ2) is 9.41. The van der Waals surface area contributed by atoms with Gasteiger partial charge in [-0.15, -0.1) is 5.10 Å². The van der Waals surface area contributed by atoms with E-state index < -0.39 is 0 Å². The lowest BCUT2D eigenvalue weighted by Crippen LogP contribution is -2.24. The first-order valence-electron chi connectivity index (χ1n) is 7.62. The summed E-state index contributed by atoms with van der Waals surface area (Å²) >= 11 is 25.9. The van der Waals surface area contributed by atoms with E-state index in [1.807, 2.05) is 12.1 Å². The standard InChI is InChI=1S/C17H12Cl3N3OS3/c18-11-3-1-10(2-4-11)8-21-15(24)9-26-16-22-23(17(25)27-16)12-5-6-13(19)14(20)7-12/h1-7H,8-9H2,(H,21,24).